The Labute approximate surface area is 62.9 Å². The van der Waals surface area contributed by atoms with Crippen LogP contribution in [0.4, 0.5) is 8.78 Å². The number of hydrogen-bond donors (Lipinski definition) is 1. The number of nitrogens with zero attached hydrogens (tertiary/aromatic N) is 2. The number of alkyl halides is 2. The van der Waals surface area contributed by atoms with Gasteiger partial charge in [-0.15, -0.1) is 0 Å². The van der Waals surface area contributed by atoms with Gasteiger partial charge in [-0.05, 0) is 6.54 Å². The highest BCUT2D eigenvalue weighted by molar-refractivity contribution is 5.06. The summed E-state index contributed by atoms with van der Waals surface area (Å²) in [5.41, 5.74) is -1.34. The minimum Gasteiger partial charge on any atom is -0.316 e. The predicted octanol–water partition coefficient (Wildman–Crippen LogP) is 1.17. The molecule has 1 N–H and O–H groups in total. The van der Waals surface area contributed by atoms with Crippen molar-refractivity contribution in [3.8, 4) is 0 Å². The monoisotopic (exact) mass is 161 g/mol. The predicted molar refractivity (Wildman–Crippen MR) is 34.6 cm³/mol. The molecular formula is C6H9F2N3. The SMILES string of the molecule is FC1(F)CCNCCC12N=N2. The summed E-state index contributed by atoms with van der Waals surface area (Å²) in [5, 5.41) is 9.78. The smallest absolute Gasteiger partial charge is 0.297 e. The molecule has 0 radical (unpaired) electrons. The Balaban J connectivity index is 2.15. The van der Waals surface area contributed by atoms with E-state index in [0.29, 0.717) is 19.5 Å². The van der Waals surface area contributed by atoms with E-state index in [1.54, 1.807) is 0 Å². The molecule has 0 aromatic heterocycles. The quantitative estimate of drug-likeness (QED) is 0.568. The lowest BCUT2D eigenvalue weighted by molar-refractivity contribution is -0.0467. The summed E-state index contributed by atoms with van der Waals surface area (Å²) < 4.78 is 26.2. The van der Waals surface area contributed by atoms with E-state index in [9.17, 15) is 8.78 Å². The van der Waals surface area contributed by atoms with E-state index in [4.69, 9.17) is 0 Å². The molecule has 0 aromatic carbocycles. The molecule has 1 saturated heterocycles. The van der Waals surface area contributed by atoms with E-state index >= 15 is 0 Å². The van der Waals surface area contributed by atoms with Crippen molar-refractivity contribution in [2.75, 3.05) is 13.1 Å². The summed E-state index contributed by atoms with van der Waals surface area (Å²) in [5.74, 6) is -2.73. The van der Waals surface area contributed by atoms with Crippen molar-refractivity contribution in [2.45, 2.75) is 24.4 Å². The molecule has 11 heavy (non-hydrogen) atoms. The van der Waals surface area contributed by atoms with Crippen molar-refractivity contribution in [1.29, 1.82) is 0 Å². The Kier molecular flexibility index (Phi) is 1.27. The lowest BCUT2D eigenvalue weighted by Gasteiger charge is -2.18. The second kappa shape index (κ2) is 1.97. The van der Waals surface area contributed by atoms with Gasteiger partial charge in [0, 0.05) is 19.4 Å². The molecule has 2 aliphatic heterocycles. The topological polar surface area (TPSA) is 36.8 Å². The summed E-state index contributed by atoms with van der Waals surface area (Å²) in [6.45, 7) is 0.947. The molecule has 0 unspecified atom stereocenters. The third kappa shape index (κ3) is 0.946. The number of rotatable bonds is 0. The molecule has 2 rings (SSSR count). The maximum atomic E-state index is 13.1. The Bertz CT molecular complexity index is 190. The van der Waals surface area contributed by atoms with Crippen LogP contribution in [-0.2, 0) is 0 Å². The van der Waals surface area contributed by atoms with Crippen LogP contribution in [0.5, 0.6) is 0 Å². The molecular weight excluding hydrogens is 152 g/mol. The zero-order chi connectivity index (χ0) is 7.95. The van der Waals surface area contributed by atoms with Gasteiger partial charge in [-0.25, -0.2) is 8.78 Å². The average Bonchev–Trinajstić information content (AvgIpc) is 2.68. The largest absolute Gasteiger partial charge is 0.316 e. The molecule has 0 bridgehead atoms. The fraction of sp³-hybridized carbons (Fsp3) is 1.00. The highest BCUT2D eigenvalue weighted by Gasteiger charge is 2.61. The zero-order valence-corrected chi connectivity index (χ0v) is 5.98. The number of halogens is 2. The van der Waals surface area contributed by atoms with Crippen LogP contribution in [-0.4, -0.2) is 24.7 Å². The van der Waals surface area contributed by atoms with Gasteiger partial charge in [0.25, 0.3) is 11.6 Å². The van der Waals surface area contributed by atoms with Crippen molar-refractivity contribution in [3.63, 3.8) is 0 Å². The van der Waals surface area contributed by atoms with Crippen LogP contribution in [0, 0.1) is 0 Å². The summed E-state index contributed by atoms with van der Waals surface area (Å²) in [6.07, 6.45) is 0.181. The normalized spacial score (nSPS) is 31.8. The van der Waals surface area contributed by atoms with Gasteiger partial charge in [-0.1, -0.05) is 0 Å². The maximum absolute atomic E-state index is 13.1. The lowest BCUT2D eigenvalue weighted by atomic mass is 10.0. The van der Waals surface area contributed by atoms with Crippen LogP contribution in [0.15, 0.2) is 10.2 Å². The van der Waals surface area contributed by atoms with Crippen LogP contribution in [0.2, 0.25) is 0 Å². The molecule has 2 heterocycles. The Hall–Kier alpha value is -0.580. The van der Waals surface area contributed by atoms with E-state index < -0.39 is 11.6 Å². The Morgan fingerprint density at radius 1 is 1.09 bits per heavy atom. The van der Waals surface area contributed by atoms with Gasteiger partial charge in [-0.3, -0.25) is 0 Å². The highest BCUT2D eigenvalue weighted by Crippen LogP contribution is 2.48. The third-order valence-electron chi connectivity index (χ3n) is 2.19. The van der Waals surface area contributed by atoms with Crippen molar-refractivity contribution in [1.82, 2.24) is 5.32 Å². The van der Waals surface area contributed by atoms with Crippen LogP contribution < -0.4 is 5.32 Å². The van der Waals surface area contributed by atoms with Crippen molar-refractivity contribution in [3.05, 3.63) is 0 Å². The van der Waals surface area contributed by atoms with Gasteiger partial charge < -0.3 is 5.32 Å². The van der Waals surface area contributed by atoms with Crippen molar-refractivity contribution in [2.24, 2.45) is 10.2 Å². The summed E-state index contributed by atoms with van der Waals surface area (Å²) >= 11 is 0. The van der Waals surface area contributed by atoms with Crippen molar-refractivity contribution < 1.29 is 8.78 Å². The average molecular weight is 161 g/mol. The first-order valence-electron chi connectivity index (χ1n) is 3.69. The molecule has 0 amide bonds. The summed E-state index contributed by atoms with van der Waals surface area (Å²) in [7, 11) is 0. The van der Waals surface area contributed by atoms with E-state index in [2.05, 4.69) is 15.5 Å². The molecule has 0 atom stereocenters. The van der Waals surface area contributed by atoms with Crippen LogP contribution in [0.3, 0.4) is 0 Å². The molecule has 3 nitrogen and oxygen atoms in total. The second-order valence-corrected chi connectivity index (χ2v) is 2.97. The van der Waals surface area contributed by atoms with Crippen LogP contribution in [0.25, 0.3) is 0 Å². The fourth-order valence-electron chi connectivity index (χ4n) is 1.32. The van der Waals surface area contributed by atoms with Gasteiger partial charge in [0.05, 0.1) is 0 Å². The molecule has 2 aliphatic rings. The first-order valence-corrected chi connectivity index (χ1v) is 3.69. The molecule has 1 spiro atoms. The fourth-order valence-corrected chi connectivity index (χ4v) is 1.32. The van der Waals surface area contributed by atoms with Crippen molar-refractivity contribution >= 4 is 0 Å². The number of hydrogen-bond acceptors (Lipinski definition) is 3. The zero-order valence-electron chi connectivity index (χ0n) is 5.98. The summed E-state index contributed by atoms with van der Waals surface area (Å²) in [6, 6.07) is 0. The Morgan fingerprint density at radius 3 is 2.36 bits per heavy atom. The van der Waals surface area contributed by atoms with Gasteiger partial charge >= 0.3 is 0 Å². The van der Waals surface area contributed by atoms with Gasteiger partial charge in [0.1, 0.15) is 0 Å². The van der Waals surface area contributed by atoms with E-state index in [-0.39, 0.29) is 6.42 Å². The molecule has 1 fully saturated rings. The van der Waals surface area contributed by atoms with Gasteiger partial charge in [0.2, 0.25) is 0 Å². The minimum absolute atomic E-state index is 0.153. The second-order valence-electron chi connectivity index (χ2n) is 2.97. The van der Waals surface area contributed by atoms with Gasteiger partial charge in [0.15, 0.2) is 0 Å². The first-order chi connectivity index (χ1) is 5.16. The standard InChI is InChI=1S/C6H9F2N3/c7-5(8)1-3-9-4-2-6(5)10-11-6/h9H,1-4H2. The lowest BCUT2D eigenvalue weighted by Crippen LogP contribution is -2.36. The molecule has 5 heteroatoms. The van der Waals surface area contributed by atoms with Crippen LogP contribution >= 0.6 is 0 Å². The maximum Gasteiger partial charge on any atom is 0.297 e. The molecule has 62 valence electrons. The Morgan fingerprint density at radius 2 is 1.73 bits per heavy atom. The van der Waals surface area contributed by atoms with E-state index in [0.717, 1.165) is 0 Å². The minimum atomic E-state index is -2.73. The summed E-state index contributed by atoms with van der Waals surface area (Å²) in [4.78, 5) is 0. The van der Waals surface area contributed by atoms with E-state index in [1.165, 1.54) is 0 Å². The molecule has 0 aromatic rings. The van der Waals surface area contributed by atoms with Gasteiger partial charge in [-0.2, -0.15) is 10.2 Å². The third-order valence-corrected chi connectivity index (χ3v) is 2.19. The molecule has 0 saturated carbocycles. The number of nitrogens with one attached hydrogen (secondary N) is 1. The highest BCUT2D eigenvalue weighted by atomic mass is 19.3. The first kappa shape index (κ1) is 7.09. The molecule has 0 aliphatic carbocycles. The van der Waals surface area contributed by atoms with Crippen LogP contribution in [0.1, 0.15) is 12.8 Å². The van der Waals surface area contributed by atoms with E-state index in [1.807, 2.05) is 0 Å².